The maximum Gasteiger partial charge on any atom is 0.277 e. The molecule has 0 heterocycles. The van der Waals surface area contributed by atoms with Gasteiger partial charge in [-0.1, -0.05) is 26.8 Å². The number of ether oxygens (including phenoxy) is 2. The summed E-state index contributed by atoms with van der Waals surface area (Å²) in [6, 6.07) is 10.6. The molecule has 0 spiro atoms. The maximum absolute atomic E-state index is 11.9. The third kappa shape index (κ3) is 6.27. The quantitative estimate of drug-likeness (QED) is 0.486. The van der Waals surface area contributed by atoms with E-state index in [0.29, 0.717) is 23.7 Å². The third-order valence-electron chi connectivity index (χ3n) is 3.84. The Bertz CT molecular complexity index is 860. The minimum absolute atomic E-state index is 0.0312. The van der Waals surface area contributed by atoms with Gasteiger partial charge in [-0.3, -0.25) is 4.79 Å². The van der Waals surface area contributed by atoms with Crippen LogP contribution in [0.5, 0.6) is 17.2 Å². The average Bonchev–Trinajstić information content (AvgIpc) is 2.62. The summed E-state index contributed by atoms with van der Waals surface area (Å²) in [5.41, 5.74) is 4.29. The van der Waals surface area contributed by atoms with Crippen molar-refractivity contribution >= 4 is 28.1 Å². The number of hydrazone groups is 1. The van der Waals surface area contributed by atoms with Crippen LogP contribution in [0.25, 0.3) is 0 Å². The molecule has 0 fully saturated rings. The normalized spacial score (nSPS) is 11.5. The Hall–Kier alpha value is -2.54. The molecular formula is C21H25BrN2O4. The van der Waals surface area contributed by atoms with Crippen LogP contribution in [0.2, 0.25) is 0 Å². The smallest absolute Gasteiger partial charge is 0.277 e. The van der Waals surface area contributed by atoms with Crippen molar-refractivity contribution in [3.05, 3.63) is 52.0 Å². The first-order valence-corrected chi connectivity index (χ1v) is 9.70. The fourth-order valence-electron chi connectivity index (χ4n) is 2.32. The largest absolute Gasteiger partial charge is 0.504 e. The lowest BCUT2D eigenvalue weighted by Gasteiger charge is -2.20. The molecule has 2 N–H and O–H groups in total. The Morgan fingerprint density at radius 3 is 2.57 bits per heavy atom. The highest BCUT2D eigenvalue weighted by atomic mass is 79.9. The van der Waals surface area contributed by atoms with E-state index in [0.717, 1.165) is 4.47 Å². The molecule has 6 nitrogen and oxygen atoms in total. The zero-order valence-electron chi connectivity index (χ0n) is 16.5. The highest BCUT2D eigenvalue weighted by molar-refractivity contribution is 9.10. The number of halogens is 1. The minimum atomic E-state index is -0.383. The fraction of sp³-hybridized carbons (Fsp3) is 0.333. The second kappa shape index (κ2) is 9.59. The predicted molar refractivity (Wildman–Crippen MR) is 113 cm³/mol. The molecule has 28 heavy (non-hydrogen) atoms. The zero-order chi connectivity index (χ0) is 20.7. The first-order valence-electron chi connectivity index (χ1n) is 8.91. The fourth-order valence-corrected chi connectivity index (χ4v) is 2.81. The number of hydrogen-bond donors (Lipinski definition) is 2. The second-order valence-corrected chi connectivity index (χ2v) is 7.99. The number of aromatic hydroxyl groups is 1. The van der Waals surface area contributed by atoms with E-state index in [1.807, 2.05) is 25.1 Å². The molecule has 0 atom stereocenters. The summed E-state index contributed by atoms with van der Waals surface area (Å²) in [7, 11) is 0. The summed E-state index contributed by atoms with van der Waals surface area (Å²) in [4.78, 5) is 11.9. The van der Waals surface area contributed by atoms with Crippen molar-refractivity contribution < 1.29 is 19.4 Å². The van der Waals surface area contributed by atoms with Gasteiger partial charge in [-0.2, -0.15) is 5.10 Å². The predicted octanol–water partition coefficient (Wildman–Crippen LogP) is 4.38. The Kier molecular flexibility index (Phi) is 7.45. The molecule has 2 aromatic rings. The Labute approximate surface area is 173 Å². The van der Waals surface area contributed by atoms with Gasteiger partial charge < -0.3 is 14.6 Å². The second-order valence-electron chi connectivity index (χ2n) is 7.14. The molecule has 1 amide bonds. The molecule has 0 aliphatic carbocycles. The van der Waals surface area contributed by atoms with Crippen molar-refractivity contribution in [2.75, 3.05) is 13.2 Å². The van der Waals surface area contributed by atoms with Crippen molar-refractivity contribution in [1.29, 1.82) is 0 Å². The van der Waals surface area contributed by atoms with Crippen LogP contribution < -0.4 is 14.9 Å². The van der Waals surface area contributed by atoms with E-state index in [-0.39, 0.29) is 23.7 Å². The van der Waals surface area contributed by atoms with Crippen LogP contribution in [-0.2, 0) is 10.2 Å². The van der Waals surface area contributed by atoms with E-state index in [2.05, 4.69) is 47.2 Å². The molecule has 0 aromatic heterocycles. The zero-order valence-corrected chi connectivity index (χ0v) is 18.0. The van der Waals surface area contributed by atoms with Gasteiger partial charge in [-0.25, -0.2) is 5.43 Å². The molecule has 0 bridgehead atoms. The number of amides is 1. The van der Waals surface area contributed by atoms with Crippen LogP contribution in [0.15, 0.2) is 46.0 Å². The topological polar surface area (TPSA) is 80.2 Å². The van der Waals surface area contributed by atoms with E-state index in [4.69, 9.17) is 9.47 Å². The number of nitrogens with one attached hydrogen (secondary N) is 1. The van der Waals surface area contributed by atoms with Gasteiger partial charge in [0.2, 0.25) is 0 Å². The molecule has 0 radical (unpaired) electrons. The molecule has 7 heteroatoms. The van der Waals surface area contributed by atoms with Crippen molar-refractivity contribution in [2.24, 2.45) is 5.10 Å². The van der Waals surface area contributed by atoms with Crippen LogP contribution in [-0.4, -0.2) is 30.4 Å². The first-order chi connectivity index (χ1) is 13.2. The van der Waals surface area contributed by atoms with E-state index < -0.39 is 0 Å². The lowest BCUT2D eigenvalue weighted by atomic mass is 9.87. The number of rotatable bonds is 7. The number of phenolic OH excluding ortho intramolecular Hbond substituents is 1. The minimum Gasteiger partial charge on any atom is -0.504 e. The lowest BCUT2D eigenvalue weighted by molar-refractivity contribution is -0.123. The van der Waals surface area contributed by atoms with Gasteiger partial charge in [0.1, 0.15) is 5.75 Å². The van der Waals surface area contributed by atoms with Crippen molar-refractivity contribution in [1.82, 2.24) is 5.43 Å². The van der Waals surface area contributed by atoms with E-state index >= 15 is 0 Å². The summed E-state index contributed by atoms with van der Waals surface area (Å²) in [5, 5.41) is 13.6. The Balaban J connectivity index is 1.89. The first kappa shape index (κ1) is 21.8. The highest BCUT2D eigenvalue weighted by Crippen LogP contribution is 2.31. The van der Waals surface area contributed by atoms with Gasteiger partial charge in [0, 0.05) is 0 Å². The monoisotopic (exact) mass is 448 g/mol. The van der Waals surface area contributed by atoms with Crippen LogP contribution in [0, 0.1) is 0 Å². The number of nitrogens with zero attached hydrogens (tertiary/aromatic N) is 1. The number of phenols is 1. The average molecular weight is 449 g/mol. The number of carbonyl (C=O) groups is 1. The van der Waals surface area contributed by atoms with Gasteiger partial charge in [0.05, 0.1) is 17.3 Å². The standard InChI is InChI=1S/C21H25BrN2O4/c1-5-27-19-10-14(6-8-17(19)25)12-23-24-20(26)13-28-18-9-7-15(11-16(18)22)21(2,3)4/h6-12,25H,5,13H2,1-4H3,(H,24,26)/b23-12+. The van der Waals surface area contributed by atoms with Gasteiger partial charge in [-0.05, 0) is 69.7 Å². The molecule has 150 valence electrons. The SMILES string of the molecule is CCOc1cc(/C=N/NC(=O)COc2ccc(C(C)(C)C)cc2Br)ccc1O. The summed E-state index contributed by atoms with van der Waals surface area (Å²) in [5.74, 6) is 0.628. The highest BCUT2D eigenvalue weighted by Gasteiger charge is 2.15. The summed E-state index contributed by atoms with van der Waals surface area (Å²) in [6.07, 6.45) is 1.47. The number of hydrogen-bond acceptors (Lipinski definition) is 5. The lowest BCUT2D eigenvalue weighted by Crippen LogP contribution is -2.24. The van der Waals surface area contributed by atoms with E-state index in [9.17, 15) is 9.90 Å². The summed E-state index contributed by atoms with van der Waals surface area (Å²) < 4.78 is 11.7. The number of carbonyl (C=O) groups excluding carboxylic acids is 1. The molecule has 2 rings (SSSR count). The molecule has 0 aliphatic rings. The molecule has 0 saturated heterocycles. The maximum atomic E-state index is 11.9. The molecule has 0 unspecified atom stereocenters. The van der Waals surface area contributed by atoms with Gasteiger partial charge >= 0.3 is 0 Å². The number of benzene rings is 2. The molecule has 0 saturated carbocycles. The van der Waals surface area contributed by atoms with Crippen LogP contribution in [0.3, 0.4) is 0 Å². The Morgan fingerprint density at radius 1 is 1.18 bits per heavy atom. The van der Waals surface area contributed by atoms with Crippen molar-refractivity contribution in [3.8, 4) is 17.2 Å². The Morgan fingerprint density at radius 2 is 1.93 bits per heavy atom. The molecule has 2 aromatic carbocycles. The summed E-state index contributed by atoms with van der Waals surface area (Å²) in [6.45, 7) is 8.50. The van der Waals surface area contributed by atoms with Crippen LogP contribution in [0.1, 0.15) is 38.8 Å². The van der Waals surface area contributed by atoms with Gasteiger partial charge in [0.15, 0.2) is 18.1 Å². The molecule has 0 aliphatic heterocycles. The van der Waals surface area contributed by atoms with Crippen molar-refractivity contribution in [2.45, 2.75) is 33.1 Å². The third-order valence-corrected chi connectivity index (χ3v) is 4.46. The summed E-state index contributed by atoms with van der Waals surface area (Å²) >= 11 is 3.48. The van der Waals surface area contributed by atoms with E-state index in [1.54, 1.807) is 12.1 Å². The van der Waals surface area contributed by atoms with Gasteiger partial charge in [0.25, 0.3) is 5.91 Å². The van der Waals surface area contributed by atoms with E-state index in [1.165, 1.54) is 17.8 Å². The molecular weight excluding hydrogens is 424 g/mol. The van der Waals surface area contributed by atoms with Crippen molar-refractivity contribution in [3.63, 3.8) is 0 Å². The van der Waals surface area contributed by atoms with Crippen LogP contribution in [0.4, 0.5) is 0 Å². The van der Waals surface area contributed by atoms with Gasteiger partial charge in [-0.15, -0.1) is 0 Å². The van der Waals surface area contributed by atoms with Crippen LogP contribution >= 0.6 is 15.9 Å².